The zero-order chi connectivity index (χ0) is 25.1. The van der Waals surface area contributed by atoms with Gasteiger partial charge in [-0.2, -0.15) is 0 Å². The summed E-state index contributed by atoms with van der Waals surface area (Å²) in [6, 6.07) is 0. The van der Waals surface area contributed by atoms with Gasteiger partial charge in [0.25, 0.3) is 0 Å². The van der Waals surface area contributed by atoms with Crippen LogP contribution in [0, 0.1) is 46.3 Å². The van der Waals surface area contributed by atoms with Gasteiger partial charge in [-0.15, -0.1) is 0 Å². The summed E-state index contributed by atoms with van der Waals surface area (Å²) in [7, 11) is -4.74. The number of hydrogen-bond acceptors (Lipinski definition) is 6. The van der Waals surface area contributed by atoms with Crippen molar-refractivity contribution in [2.24, 2.45) is 46.3 Å². The molecule has 4 aliphatic carbocycles. The Balaban J connectivity index is 0.00000342. The SMILES string of the molecule is CC(C)CCC[C@@H](C)[C@H]1CC[C@@H]2[C@]1(C)CC[C@@H]1[C@@]3(C)CC[C@@H](OS(=O)(=O)[O-])C[C@@H]3C[C@@H](O)[C@]12O.[Na+]. The standard InChI is InChI=1S/C27H48O6S.Na/c1-17(2)7-6-8-18(3)21-9-10-22-26(21,5)14-12-23-25(4)13-11-20(33-34(30,31)32)15-19(25)16-24(28)27(22,23)29;/h17-24,28-29H,6-16H2,1-5H3,(H,30,31,32);/q;+1/p-1/t18-,19-,20-,21-,22-,23-,24-,25+,26-,27-;/m1./s1. The van der Waals surface area contributed by atoms with E-state index in [2.05, 4.69) is 34.6 Å². The van der Waals surface area contributed by atoms with Crippen LogP contribution in [0.1, 0.15) is 105 Å². The summed E-state index contributed by atoms with van der Waals surface area (Å²) in [6.07, 6.45) is 8.53. The third kappa shape index (κ3) is 5.46. The molecule has 0 spiro atoms. The van der Waals surface area contributed by atoms with Crippen molar-refractivity contribution in [1.82, 2.24) is 0 Å². The Morgan fingerprint density at radius 2 is 1.60 bits per heavy atom. The zero-order valence-corrected chi connectivity index (χ0v) is 25.6. The van der Waals surface area contributed by atoms with Crippen molar-refractivity contribution in [3.8, 4) is 0 Å². The zero-order valence-electron chi connectivity index (χ0n) is 22.8. The molecule has 0 aromatic carbocycles. The molecule has 4 saturated carbocycles. The van der Waals surface area contributed by atoms with Gasteiger partial charge in [-0.25, -0.2) is 8.42 Å². The van der Waals surface area contributed by atoms with Crippen LogP contribution in [0.25, 0.3) is 0 Å². The molecule has 4 fully saturated rings. The molecule has 35 heavy (non-hydrogen) atoms. The van der Waals surface area contributed by atoms with Gasteiger partial charge >= 0.3 is 29.6 Å². The molecule has 0 aromatic rings. The molecule has 0 radical (unpaired) electrons. The van der Waals surface area contributed by atoms with E-state index in [0.717, 1.165) is 38.0 Å². The minimum Gasteiger partial charge on any atom is -0.726 e. The molecule has 0 heterocycles. The molecule has 4 aliphatic rings. The van der Waals surface area contributed by atoms with Gasteiger partial charge in [0.05, 0.1) is 17.8 Å². The topological polar surface area (TPSA) is 107 Å². The van der Waals surface area contributed by atoms with Crippen LogP contribution < -0.4 is 29.6 Å². The average Bonchev–Trinajstić information content (AvgIpc) is 3.07. The van der Waals surface area contributed by atoms with Crippen molar-refractivity contribution in [1.29, 1.82) is 0 Å². The van der Waals surface area contributed by atoms with Crippen molar-refractivity contribution in [2.45, 2.75) is 123 Å². The van der Waals surface area contributed by atoms with Crippen molar-refractivity contribution < 1.29 is 56.9 Å². The third-order valence-electron chi connectivity index (χ3n) is 11.2. The van der Waals surface area contributed by atoms with Crippen LogP contribution in [-0.4, -0.2) is 41.0 Å². The Morgan fingerprint density at radius 3 is 2.23 bits per heavy atom. The molecule has 8 heteroatoms. The number of aliphatic hydroxyl groups is 2. The van der Waals surface area contributed by atoms with E-state index in [1.807, 2.05) is 0 Å². The van der Waals surface area contributed by atoms with Crippen molar-refractivity contribution in [2.75, 3.05) is 0 Å². The average molecular weight is 523 g/mol. The number of hydrogen-bond donors (Lipinski definition) is 2. The van der Waals surface area contributed by atoms with E-state index in [4.69, 9.17) is 4.18 Å². The maximum absolute atomic E-state index is 12.4. The van der Waals surface area contributed by atoms with Crippen LogP contribution in [0.2, 0.25) is 0 Å². The van der Waals surface area contributed by atoms with E-state index in [1.54, 1.807) is 0 Å². The summed E-state index contributed by atoms with van der Waals surface area (Å²) in [5.41, 5.74) is -1.23. The summed E-state index contributed by atoms with van der Waals surface area (Å²) >= 11 is 0. The minimum absolute atomic E-state index is 0. The van der Waals surface area contributed by atoms with Gasteiger partial charge in [-0.05, 0) is 97.7 Å². The third-order valence-corrected chi connectivity index (χ3v) is 11.7. The Kier molecular flexibility index (Phi) is 9.32. The molecule has 6 nitrogen and oxygen atoms in total. The molecular formula is C27H47NaO6S. The fourth-order valence-electron chi connectivity index (χ4n) is 9.54. The van der Waals surface area contributed by atoms with Gasteiger partial charge < -0.3 is 14.8 Å². The summed E-state index contributed by atoms with van der Waals surface area (Å²) < 4.78 is 38.3. The van der Waals surface area contributed by atoms with E-state index < -0.39 is 28.2 Å². The first kappa shape index (κ1) is 30.3. The Morgan fingerprint density at radius 1 is 0.971 bits per heavy atom. The predicted octanol–water partition coefficient (Wildman–Crippen LogP) is 2.04. The first-order valence-corrected chi connectivity index (χ1v) is 15.1. The second-order valence-electron chi connectivity index (χ2n) is 13.4. The van der Waals surface area contributed by atoms with Crippen LogP contribution in [0.15, 0.2) is 0 Å². The van der Waals surface area contributed by atoms with E-state index >= 15 is 0 Å². The molecule has 0 amide bonds. The van der Waals surface area contributed by atoms with Crippen LogP contribution >= 0.6 is 0 Å². The number of aliphatic hydroxyl groups excluding tert-OH is 1. The molecule has 0 unspecified atom stereocenters. The molecule has 198 valence electrons. The van der Waals surface area contributed by atoms with Gasteiger partial charge in [0, 0.05) is 0 Å². The van der Waals surface area contributed by atoms with Gasteiger partial charge in [0.1, 0.15) is 0 Å². The van der Waals surface area contributed by atoms with Crippen LogP contribution in [0.4, 0.5) is 0 Å². The fraction of sp³-hybridized carbons (Fsp3) is 1.00. The summed E-state index contributed by atoms with van der Waals surface area (Å²) in [5, 5.41) is 23.8. The predicted molar refractivity (Wildman–Crippen MR) is 130 cm³/mol. The molecule has 0 aromatic heterocycles. The second kappa shape index (κ2) is 10.7. The summed E-state index contributed by atoms with van der Waals surface area (Å²) in [6.45, 7) is 11.6. The molecular weight excluding hydrogens is 475 g/mol. The van der Waals surface area contributed by atoms with Crippen LogP contribution in [0.3, 0.4) is 0 Å². The normalized spacial score (nSPS) is 46.3. The fourth-order valence-corrected chi connectivity index (χ4v) is 10.0. The summed E-state index contributed by atoms with van der Waals surface area (Å²) in [4.78, 5) is 0. The first-order chi connectivity index (χ1) is 15.7. The maximum Gasteiger partial charge on any atom is 1.00 e. The molecule has 4 rings (SSSR count). The maximum atomic E-state index is 12.4. The van der Waals surface area contributed by atoms with Gasteiger partial charge in [-0.1, -0.05) is 53.9 Å². The van der Waals surface area contributed by atoms with Crippen LogP contribution in [-0.2, 0) is 14.6 Å². The Labute approximate surface area is 235 Å². The minimum atomic E-state index is -4.74. The van der Waals surface area contributed by atoms with E-state index in [1.165, 1.54) is 19.3 Å². The van der Waals surface area contributed by atoms with Gasteiger partial charge in [0.15, 0.2) is 0 Å². The van der Waals surface area contributed by atoms with Gasteiger partial charge in [-0.3, -0.25) is 4.18 Å². The quantitative estimate of drug-likeness (QED) is 0.301. The molecule has 2 N–H and O–H groups in total. The Hall–Kier alpha value is 0.790. The first-order valence-electron chi connectivity index (χ1n) is 13.8. The van der Waals surface area contributed by atoms with Crippen molar-refractivity contribution in [3.05, 3.63) is 0 Å². The molecule has 0 bridgehead atoms. The number of fused-ring (bicyclic) bond motifs is 5. The van der Waals surface area contributed by atoms with E-state index in [9.17, 15) is 23.2 Å². The van der Waals surface area contributed by atoms with Crippen molar-refractivity contribution in [3.63, 3.8) is 0 Å². The van der Waals surface area contributed by atoms with Crippen LogP contribution in [0.5, 0.6) is 0 Å². The summed E-state index contributed by atoms with van der Waals surface area (Å²) in [5.74, 6) is 2.07. The molecule has 0 aliphatic heterocycles. The van der Waals surface area contributed by atoms with Crippen molar-refractivity contribution >= 4 is 10.4 Å². The van der Waals surface area contributed by atoms with E-state index in [0.29, 0.717) is 31.1 Å². The van der Waals surface area contributed by atoms with E-state index in [-0.39, 0.29) is 58.1 Å². The monoisotopic (exact) mass is 522 g/mol. The largest absolute Gasteiger partial charge is 1.00 e. The second-order valence-corrected chi connectivity index (χ2v) is 14.4. The smallest absolute Gasteiger partial charge is 0.726 e. The van der Waals surface area contributed by atoms with Gasteiger partial charge in [0.2, 0.25) is 10.4 Å². The molecule has 10 atom stereocenters. The Bertz CT molecular complexity index is 851. The number of rotatable bonds is 7. The molecule has 0 saturated heterocycles.